The van der Waals surface area contributed by atoms with Crippen molar-refractivity contribution < 1.29 is 31.5 Å². The second-order valence-corrected chi connectivity index (χ2v) is 7.59. The third-order valence-corrected chi connectivity index (χ3v) is 5.42. The molecule has 0 saturated heterocycles. The Labute approximate surface area is 148 Å². The number of aromatic carboxylic acids is 1. The van der Waals surface area contributed by atoms with Crippen LogP contribution in [0.1, 0.15) is 21.5 Å². The second-order valence-electron chi connectivity index (χ2n) is 5.66. The van der Waals surface area contributed by atoms with Crippen molar-refractivity contribution in [1.29, 1.82) is 0 Å². The number of hydrogen-bond donors (Lipinski definition) is 1. The van der Waals surface area contributed by atoms with Gasteiger partial charge in [0.25, 0.3) is 0 Å². The Kier molecular flexibility index (Phi) is 5.72. The van der Waals surface area contributed by atoms with Crippen molar-refractivity contribution in [1.82, 2.24) is 4.31 Å². The summed E-state index contributed by atoms with van der Waals surface area (Å²) in [7, 11) is -4.56. The summed E-state index contributed by atoms with van der Waals surface area (Å²) >= 11 is 0. The molecule has 0 aliphatic carbocycles. The fourth-order valence-corrected chi connectivity index (χ4v) is 3.79. The van der Waals surface area contributed by atoms with Crippen molar-refractivity contribution in [2.24, 2.45) is 0 Å². The predicted octanol–water partition coefficient (Wildman–Crippen LogP) is 3.45. The predicted molar refractivity (Wildman–Crippen MR) is 88.2 cm³/mol. The lowest BCUT2D eigenvalue weighted by Gasteiger charge is -2.24. The highest BCUT2D eigenvalue weighted by Crippen LogP contribution is 2.26. The molecule has 1 N–H and O–H groups in total. The fourth-order valence-electron chi connectivity index (χ4n) is 2.35. The first kappa shape index (κ1) is 19.9. The van der Waals surface area contributed by atoms with Crippen molar-refractivity contribution in [3.63, 3.8) is 0 Å². The maximum Gasteiger partial charge on any atom is 0.402 e. The summed E-state index contributed by atoms with van der Waals surface area (Å²) in [6, 6.07) is 11.1. The van der Waals surface area contributed by atoms with Gasteiger partial charge in [-0.25, -0.2) is 13.2 Å². The standard InChI is InChI=1S/C17H16F3NO4S/c1-12-7-8-14(9-15(12)16(22)23)26(24,25)21(11-17(18,19)20)10-13-5-3-2-4-6-13/h2-9H,10-11H2,1H3,(H,22,23). The van der Waals surface area contributed by atoms with E-state index in [2.05, 4.69) is 0 Å². The topological polar surface area (TPSA) is 74.7 Å². The smallest absolute Gasteiger partial charge is 0.402 e. The molecule has 2 rings (SSSR count). The number of benzene rings is 2. The number of nitrogens with zero attached hydrogens (tertiary/aromatic N) is 1. The normalized spacial score (nSPS) is 12.3. The highest BCUT2D eigenvalue weighted by Gasteiger charge is 2.37. The number of aryl methyl sites for hydroxylation is 1. The van der Waals surface area contributed by atoms with Crippen LogP contribution in [-0.4, -0.2) is 36.5 Å². The van der Waals surface area contributed by atoms with Gasteiger partial charge in [-0.15, -0.1) is 0 Å². The van der Waals surface area contributed by atoms with E-state index < -0.39 is 40.2 Å². The van der Waals surface area contributed by atoms with Gasteiger partial charge in [-0.3, -0.25) is 0 Å². The van der Waals surface area contributed by atoms with Crippen molar-refractivity contribution in [2.75, 3.05) is 6.54 Å². The minimum absolute atomic E-state index is 0.280. The summed E-state index contributed by atoms with van der Waals surface area (Å²) in [5, 5.41) is 9.13. The zero-order valence-electron chi connectivity index (χ0n) is 13.7. The van der Waals surface area contributed by atoms with E-state index in [1.807, 2.05) is 0 Å². The molecular formula is C17H16F3NO4S. The van der Waals surface area contributed by atoms with Crippen molar-refractivity contribution in [3.05, 3.63) is 65.2 Å². The average molecular weight is 387 g/mol. The summed E-state index contributed by atoms with van der Waals surface area (Å²) < 4.78 is 64.5. The minimum atomic E-state index is -4.75. The van der Waals surface area contributed by atoms with E-state index in [0.717, 1.165) is 12.1 Å². The molecule has 0 unspecified atom stereocenters. The summed E-state index contributed by atoms with van der Waals surface area (Å²) in [6.07, 6.45) is -4.75. The monoisotopic (exact) mass is 387 g/mol. The summed E-state index contributed by atoms with van der Waals surface area (Å²) in [4.78, 5) is 10.7. The largest absolute Gasteiger partial charge is 0.478 e. The van der Waals surface area contributed by atoms with Gasteiger partial charge < -0.3 is 5.11 Å². The molecular weight excluding hydrogens is 371 g/mol. The Morgan fingerprint density at radius 3 is 2.27 bits per heavy atom. The SMILES string of the molecule is Cc1ccc(S(=O)(=O)N(Cc2ccccc2)CC(F)(F)F)cc1C(=O)O. The molecule has 0 spiro atoms. The molecule has 0 bridgehead atoms. The van der Waals surface area contributed by atoms with Gasteiger partial charge in [0.2, 0.25) is 10.0 Å². The van der Waals surface area contributed by atoms with Crippen LogP contribution in [0.3, 0.4) is 0 Å². The van der Waals surface area contributed by atoms with Gasteiger partial charge in [-0.05, 0) is 30.2 Å². The zero-order chi connectivity index (χ0) is 19.5. The number of carbonyl (C=O) groups is 1. The molecule has 5 nitrogen and oxygen atoms in total. The van der Waals surface area contributed by atoms with Gasteiger partial charge in [0.1, 0.15) is 6.54 Å². The van der Waals surface area contributed by atoms with Gasteiger partial charge in [-0.1, -0.05) is 36.4 Å². The maximum atomic E-state index is 12.9. The number of rotatable bonds is 6. The van der Waals surface area contributed by atoms with Gasteiger partial charge in [0.15, 0.2) is 0 Å². The van der Waals surface area contributed by atoms with Crippen LogP contribution in [0.2, 0.25) is 0 Å². The lowest BCUT2D eigenvalue weighted by atomic mass is 10.1. The average Bonchev–Trinajstić information content (AvgIpc) is 2.54. The molecule has 0 heterocycles. The van der Waals surface area contributed by atoms with Crippen LogP contribution < -0.4 is 0 Å². The summed E-state index contributed by atoms with van der Waals surface area (Å²) in [6.45, 7) is -0.698. The Morgan fingerprint density at radius 1 is 1.12 bits per heavy atom. The van der Waals surface area contributed by atoms with Gasteiger partial charge >= 0.3 is 12.1 Å². The van der Waals surface area contributed by atoms with Crippen molar-refractivity contribution in [3.8, 4) is 0 Å². The van der Waals surface area contributed by atoms with E-state index >= 15 is 0 Å². The quantitative estimate of drug-likeness (QED) is 0.824. The van der Waals surface area contributed by atoms with Crippen molar-refractivity contribution >= 4 is 16.0 Å². The molecule has 0 aliphatic heterocycles. The highest BCUT2D eigenvalue weighted by molar-refractivity contribution is 7.89. The lowest BCUT2D eigenvalue weighted by Crippen LogP contribution is -2.38. The second kappa shape index (κ2) is 7.46. The summed E-state index contributed by atoms with van der Waals surface area (Å²) in [5.74, 6) is -1.36. The van der Waals surface area contributed by atoms with Crippen LogP contribution in [0, 0.1) is 6.92 Å². The maximum absolute atomic E-state index is 12.9. The van der Waals surface area contributed by atoms with E-state index in [1.54, 1.807) is 18.2 Å². The first-order valence-corrected chi connectivity index (χ1v) is 8.89. The number of carboxylic acids is 1. The van der Waals surface area contributed by atoms with E-state index in [4.69, 9.17) is 5.11 Å². The van der Waals surface area contributed by atoms with Gasteiger partial charge in [0, 0.05) is 6.54 Å². The first-order valence-electron chi connectivity index (χ1n) is 7.45. The van der Waals surface area contributed by atoms with E-state index in [1.165, 1.54) is 25.1 Å². The highest BCUT2D eigenvalue weighted by atomic mass is 32.2. The minimum Gasteiger partial charge on any atom is -0.478 e. The zero-order valence-corrected chi connectivity index (χ0v) is 14.5. The number of carboxylic acid groups (broad SMARTS) is 1. The lowest BCUT2D eigenvalue weighted by molar-refractivity contribution is -0.136. The summed E-state index contributed by atoms with van der Waals surface area (Å²) in [5.41, 5.74) is 0.408. The molecule has 0 saturated carbocycles. The Bertz CT molecular complexity index is 896. The molecule has 2 aromatic carbocycles. The molecule has 2 aromatic rings. The molecule has 0 amide bonds. The van der Waals surface area contributed by atoms with Crippen LogP contribution in [0.5, 0.6) is 0 Å². The van der Waals surface area contributed by atoms with Gasteiger partial charge in [-0.2, -0.15) is 17.5 Å². The third-order valence-electron chi connectivity index (χ3n) is 3.63. The molecule has 0 fully saturated rings. The molecule has 9 heteroatoms. The number of hydrogen-bond acceptors (Lipinski definition) is 3. The first-order chi connectivity index (χ1) is 12.0. The molecule has 26 heavy (non-hydrogen) atoms. The number of alkyl halides is 3. The van der Waals surface area contributed by atoms with E-state index in [-0.39, 0.29) is 5.56 Å². The Morgan fingerprint density at radius 2 is 1.73 bits per heavy atom. The number of sulfonamides is 1. The van der Waals surface area contributed by atoms with Crippen LogP contribution in [0.25, 0.3) is 0 Å². The molecule has 0 aromatic heterocycles. The van der Waals surface area contributed by atoms with Crippen LogP contribution in [-0.2, 0) is 16.6 Å². The number of halogens is 3. The fraction of sp³-hybridized carbons (Fsp3) is 0.235. The molecule has 0 atom stereocenters. The van der Waals surface area contributed by atoms with Crippen LogP contribution in [0.4, 0.5) is 13.2 Å². The molecule has 140 valence electrons. The van der Waals surface area contributed by atoms with Gasteiger partial charge in [0.05, 0.1) is 10.5 Å². The van der Waals surface area contributed by atoms with Crippen LogP contribution in [0.15, 0.2) is 53.4 Å². The van der Waals surface area contributed by atoms with E-state index in [9.17, 15) is 26.4 Å². The molecule has 0 radical (unpaired) electrons. The van der Waals surface area contributed by atoms with Crippen LogP contribution >= 0.6 is 0 Å². The van der Waals surface area contributed by atoms with E-state index in [0.29, 0.717) is 15.4 Å². The Hall–Kier alpha value is -2.39. The molecule has 0 aliphatic rings. The Balaban J connectivity index is 2.48. The van der Waals surface area contributed by atoms with Crippen molar-refractivity contribution in [2.45, 2.75) is 24.5 Å². The third kappa shape index (κ3) is 4.83.